The van der Waals surface area contributed by atoms with Crippen LogP contribution in [0.3, 0.4) is 0 Å². The molecule has 0 atom stereocenters. The summed E-state index contributed by atoms with van der Waals surface area (Å²) in [6.45, 7) is 0. The quantitative estimate of drug-likeness (QED) is 0.512. The molecule has 0 unspecified atom stereocenters. The van der Waals surface area contributed by atoms with Crippen molar-refractivity contribution in [1.29, 1.82) is 0 Å². The Labute approximate surface area is 151 Å². The van der Waals surface area contributed by atoms with E-state index in [0.29, 0.717) is 0 Å². The molecule has 7 nitrogen and oxygen atoms in total. The van der Waals surface area contributed by atoms with Crippen molar-refractivity contribution in [3.63, 3.8) is 0 Å². The Kier molecular flexibility index (Phi) is 5.06. The molecular weight excluding hydrogens is 361 g/mol. The number of nitrogens with one attached hydrogen (secondary N) is 3. The van der Waals surface area contributed by atoms with Gasteiger partial charge in [0.25, 0.3) is 5.91 Å². The first kappa shape index (κ1) is 18.0. The van der Waals surface area contributed by atoms with Gasteiger partial charge in [0, 0.05) is 11.8 Å². The molecule has 1 aromatic heterocycles. The molecule has 0 spiro atoms. The highest BCUT2D eigenvalue weighted by Gasteiger charge is 2.13. The number of nitrogen functional groups attached to an aromatic ring is 1. The third kappa shape index (κ3) is 4.06. The lowest BCUT2D eigenvalue weighted by molar-refractivity contribution is 0.0958. The number of aromatic nitrogens is 2. The molecule has 0 aliphatic heterocycles. The summed E-state index contributed by atoms with van der Waals surface area (Å²) in [7, 11) is 0. The highest BCUT2D eigenvalue weighted by Crippen LogP contribution is 2.26. The molecule has 0 fully saturated rings. The van der Waals surface area contributed by atoms with E-state index in [1.165, 1.54) is 24.3 Å². The van der Waals surface area contributed by atoms with Crippen LogP contribution < -0.4 is 21.9 Å². The first-order valence-electron chi connectivity index (χ1n) is 7.59. The molecule has 5 N–H and O–H groups in total. The number of carbonyl (C=O) groups is 1. The molecule has 27 heavy (non-hydrogen) atoms. The number of hydrazine groups is 1. The molecule has 1 heterocycles. The monoisotopic (exact) mass is 374 g/mol. The number of halogens is 3. The molecular formula is C17H13F3N6O. The Balaban J connectivity index is 1.74. The van der Waals surface area contributed by atoms with Gasteiger partial charge in [0.15, 0.2) is 23.3 Å². The van der Waals surface area contributed by atoms with Crippen molar-refractivity contribution in [2.45, 2.75) is 0 Å². The van der Waals surface area contributed by atoms with Gasteiger partial charge in [0.2, 0.25) is 0 Å². The minimum atomic E-state index is -1.04. The van der Waals surface area contributed by atoms with E-state index < -0.39 is 23.4 Å². The highest BCUT2D eigenvalue weighted by atomic mass is 19.2. The summed E-state index contributed by atoms with van der Waals surface area (Å²) in [5.41, 5.74) is 10.7. The Morgan fingerprint density at radius 2 is 1.67 bits per heavy atom. The minimum absolute atomic E-state index is 0.00364. The van der Waals surface area contributed by atoms with Crippen LogP contribution in [0.5, 0.6) is 0 Å². The van der Waals surface area contributed by atoms with Crippen molar-refractivity contribution in [1.82, 2.24) is 15.4 Å². The maximum Gasteiger partial charge on any atom is 0.272 e. The van der Waals surface area contributed by atoms with E-state index in [4.69, 9.17) is 5.73 Å². The molecule has 0 radical (unpaired) electrons. The van der Waals surface area contributed by atoms with Crippen molar-refractivity contribution in [3.8, 4) is 0 Å². The SMILES string of the molecule is Nc1c(NNC(=O)c2ccccc2F)ncnc1Nc1ccc(F)c(F)c1. The summed E-state index contributed by atoms with van der Waals surface area (Å²) in [6.07, 6.45) is 1.14. The van der Waals surface area contributed by atoms with Gasteiger partial charge >= 0.3 is 0 Å². The fourth-order valence-electron chi connectivity index (χ4n) is 2.13. The second kappa shape index (κ2) is 7.60. The van der Waals surface area contributed by atoms with Gasteiger partial charge in [-0.15, -0.1) is 0 Å². The molecule has 3 aromatic rings. The Bertz CT molecular complexity index is 998. The van der Waals surface area contributed by atoms with Gasteiger partial charge in [-0.1, -0.05) is 12.1 Å². The molecule has 0 saturated carbocycles. The minimum Gasteiger partial charge on any atom is -0.393 e. The third-order valence-electron chi connectivity index (χ3n) is 3.48. The van der Waals surface area contributed by atoms with Crippen LogP contribution in [0.4, 0.5) is 36.2 Å². The van der Waals surface area contributed by atoms with E-state index >= 15 is 0 Å². The lowest BCUT2D eigenvalue weighted by atomic mass is 10.2. The molecule has 1 amide bonds. The zero-order valence-corrected chi connectivity index (χ0v) is 13.6. The van der Waals surface area contributed by atoms with Gasteiger partial charge in [-0.2, -0.15) is 0 Å². The van der Waals surface area contributed by atoms with Gasteiger partial charge < -0.3 is 11.1 Å². The van der Waals surface area contributed by atoms with Crippen molar-refractivity contribution < 1.29 is 18.0 Å². The summed E-state index contributed by atoms with van der Waals surface area (Å²) in [4.78, 5) is 19.8. The number of rotatable bonds is 5. The average Bonchev–Trinajstić information content (AvgIpc) is 2.65. The fraction of sp³-hybridized carbons (Fsp3) is 0. The van der Waals surface area contributed by atoms with Crippen LogP contribution in [-0.2, 0) is 0 Å². The molecule has 0 aliphatic rings. The van der Waals surface area contributed by atoms with Crippen molar-refractivity contribution in [2.75, 3.05) is 16.5 Å². The highest BCUT2D eigenvalue weighted by molar-refractivity contribution is 5.95. The summed E-state index contributed by atoms with van der Waals surface area (Å²) in [5, 5.41) is 2.71. The number of anilines is 4. The smallest absolute Gasteiger partial charge is 0.272 e. The predicted octanol–water partition coefficient (Wildman–Crippen LogP) is 2.98. The van der Waals surface area contributed by atoms with Crippen molar-refractivity contribution in [2.24, 2.45) is 0 Å². The standard InChI is InChI=1S/C17H13F3N6O/c18-11-4-2-1-3-10(11)17(27)26-25-16-14(21)15(22-8-23-16)24-9-5-6-12(19)13(20)7-9/h1-8H,21H2,(H,26,27)(H2,22,23,24,25). The first-order valence-corrected chi connectivity index (χ1v) is 7.59. The number of hydrogen-bond donors (Lipinski definition) is 4. The van der Waals surface area contributed by atoms with Gasteiger partial charge in [-0.25, -0.2) is 23.1 Å². The molecule has 2 aromatic carbocycles. The topological polar surface area (TPSA) is 105 Å². The Morgan fingerprint density at radius 1 is 0.926 bits per heavy atom. The fourth-order valence-corrected chi connectivity index (χ4v) is 2.13. The van der Waals surface area contributed by atoms with Crippen LogP contribution in [0.2, 0.25) is 0 Å². The Morgan fingerprint density at radius 3 is 2.41 bits per heavy atom. The lowest BCUT2D eigenvalue weighted by Crippen LogP contribution is -2.31. The van der Waals surface area contributed by atoms with Gasteiger partial charge in [0.1, 0.15) is 17.8 Å². The molecule has 10 heteroatoms. The van der Waals surface area contributed by atoms with E-state index in [-0.39, 0.29) is 28.6 Å². The van der Waals surface area contributed by atoms with E-state index in [9.17, 15) is 18.0 Å². The van der Waals surface area contributed by atoms with E-state index in [1.54, 1.807) is 0 Å². The summed E-state index contributed by atoms with van der Waals surface area (Å²) < 4.78 is 39.9. The normalized spacial score (nSPS) is 10.3. The number of benzene rings is 2. The van der Waals surface area contributed by atoms with Crippen LogP contribution in [0, 0.1) is 17.5 Å². The average molecular weight is 374 g/mol. The van der Waals surface area contributed by atoms with Crippen LogP contribution in [-0.4, -0.2) is 15.9 Å². The van der Waals surface area contributed by atoms with E-state index in [0.717, 1.165) is 24.5 Å². The number of amides is 1. The van der Waals surface area contributed by atoms with E-state index in [2.05, 4.69) is 26.1 Å². The number of nitrogens with two attached hydrogens (primary N) is 1. The maximum absolute atomic E-state index is 13.6. The van der Waals surface area contributed by atoms with Crippen LogP contribution in [0.25, 0.3) is 0 Å². The third-order valence-corrected chi connectivity index (χ3v) is 3.48. The molecule has 0 saturated heterocycles. The Hall–Kier alpha value is -3.82. The largest absolute Gasteiger partial charge is 0.393 e. The van der Waals surface area contributed by atoms with Gasteiger partial charge in [-0.05, 0) is 24.3 Å². The number of carbonyl (C=O) groups excluding carboxylic acids is 1. The van der Waals surface area contributed by atoms with Crippen molar-refractivity contribution in [3.05, 3.63) is 71.8 Å². The molecule has 0 bridgehead atoms. The lowest BCUT2D eigenvalue weighted by Gasteiger charge is -2.13. The van der Waals surface area contributed by atoms with E-state index in [1.807, 2.05) is 0 Å². The van der Waals surface area contributed by atoms with Gasteiger partial charge in [-0.3, -0.25) is 15.6 Å². The van der Waals surface area contributed by atoms with Crippen LogP contribution in [0.15, 0.2) is 48.8 Å². The summed E-state index contributed by atoms with van der Waals surface area (Å²) in [6, 6.07) is 8.61. The van der Waals surface area contributed by atoms with Crippen LogP contribution in [0.1, 0.15) is 10.4 Å². The van der Waals surface area contributed by atoms with Gasteiger partial charge in [0.05, 0.1) is 5.56 Å². The summed E-state index contributed by atoms with van der Waals surface area (Å²) in [5.74, 6) is -3.33. The second-order valence-corrected chi connectivity index (χ2v) is 5.30. The first-order chi connectivity index (χ1) is 13.0. The second-order valence-electron chi connectivity index (χ2n) is 5.30. The summed E-state index contributed by atoms with van der Waals surface area (Å²) >= 11 is 0. The molecule has 138 valence electrons. The zero-order chi connectivity index (χ0) is 19.4. The molecule has 0 aliphatic carbocycles. The van der Waals surface area contributed by atoms with Crippen LogP contribution >= 0.6 is 0 Å². The van der Waals surface area contributed by atoms with Crippen molar-refractivity contribution >= 4 is 28.9 Å². The predicted molar refractivity (Wildman–Crippen MR) is 93.6 cm³/mol. The number of hydrogen-bond acceptors (Lipinski definition) is 6. The number of nitrogens with zero attached hydrogens (tertiary/aromatic N) is 2. The molecule has 3 rings (SSSR count). The zero-order valence-electron chi connectivity index (χ0n) is 13.6. The maximum atomic E-state index is 13.6.